The second-order valence-electron chi connectivity index (χ2n) is 4.79. The van der Waals surface area contributed by atoms with E-state index in [4.69, 9.17) is 0 Å². The number of fused-ring (bicyclic) bond motifs is 1. The van der Waals surface area contributed by atoms with Gasteiger partial charge in [-0.15, -0.1) is 0 Å². The Kier molecular flexibility index (Phi) is 3.07. The molecule has 1 aromatic heterocycles. The maximum Gasteiger partial charge on any atom is 0.251 e. The number of aromatic nitrogens is 1. The molecule has 0 radical (unpaired) electrons. The quantitative estimate of drug-likeness (QED) is 0.813. The molecule has 0 saturated carbocycles. The van der Waals surface area contributed by atoms with Gasteiger partial charge in [0.25, 0.3) is 5.56 Å². The molecule has 1 aromatic carbocycles. The largest absolute Gasteiger partial charge is 0.298 e. The number of ketones is 1. The first-order chi connectivity index (χ1) is 8.43. The minimum atomic E-state index is -0.429. The molecule has 1 atom stereocenters. The zero-order valence-corrected chi connectivity index (χ0v) is 11.2. The van der Waals surface area contributed by atoms with Crippen LogP contribution in [0.4, 0.5) is 0 Å². The number of aryl methyl sites for hydroxylation is 2. The molecule has 2 rings (SSSR count). The Labute approximate surface area is 106 Å². The third-order valence-corrected chi connectivity index (χ3v) is 3.46. The lowest BCUT2D eigenvalue weighted by molar-refractivity contribution is -0.119. The number of nitrogens with zero attached hydrogens (tertiary/aromatic N) is 1. The second kappa shape index (κ2) is 4.41. The van der Waals surface area contributed by atoms with Gasteiger partial charge in [-0.1, -0.05) is 18.2 Å². The maximum absolute atomic E-state index is 12.2. The highest BCUT2D eigenvalue weighted by atomic mass is 16.1. The van der Waals surface area contributed by atoms with Crippen molar-refractivity contribution >= 4 is 16.7 Å². The summed E-state index contributed by atoms with van der Waals surface area (Å²) in [6, 6.07) is 7.09. The smallest absolute Gasteiger partial charge is 0.251 e. The van der Waals surface area contributed by atoms with Crippen LogP contribution < -0.4 is 5.56 Å². The Morgan fingerprint density at radius 3 is 2.50 bits per heavy atom. The third-order valence-electron chi connectivity index (χ3n) is 3.46. The van der Waals surface area contributed by atoms with E-state index in [1.54, 1.807) is 17.6 Å². The van der Waals surface area contributed by atoms with E-state index in [1.165, 1.54) is 6.92 Å². The summed E-state index contributed by atoms with van der Waals surface area (Å²) in [5.74, 6) is -0.00879. The van der Waals surface area contributed by atoms with E-state index in [9.17, 15) is 9.59 Å². The van der Waals surface area contributed by atoms with Gasteiger partial charge in [-0.25, -0.2) is 0 Å². The van der Waals surface area contributed by atoms with Crippen LogP contribution in [0.5, 0.6) is 0 Å². The molecule has 0 spiro atoms. The van der Waals surface area contributed by atoms with Crippen LogP contribution in [0, 0.1) is 13.8 Å². The number of carbonyl (C=O) groups is 1. The third kappa shape index (κ3) is 1.86. The molecule has 0 aliphatic heterocycles. The van der Waals surface area contributed by atoms with E-state index in [1.807, 2.05) is 32.0 Å². The SMILES string of the molecule is CC(=O)C(C)n1c(=O)cc(C)c2cccc(C)c21. The summed E-state index contributed by atoms with van der Waals surface area (Å²) in [5, 5.41) is 1.03. The van der Waals surface area contributed by atoms with Crippen LogP contribution in [0.25, 0.3) is 10.9 Å². The molecule has 94 valence electrons. The highest BCUT2D eigenvalue weighted by molar-refractivity contribution is 5.88. The van der Waals surface area contributed by atoms with Crippen LogP contribution >= 0.6 is 0 Å². The van der Waals surface area contributed by atoms with Gasteiger partial charge >= 0.3 is 0 Å². The lowest BCUT2D eigenvalue weighted by Gasteiger charge is -2.18. The summed E-state index contributed by atoms with van der Waals surface area (Å²) in [6.45, 7) is 7.17. The zero-order valence-electron chi connectivity index (χ0n) is 11.2. The first-order valence-electron chi connectivity index (χ1n) is 6.05. The van der Waals surface area contributed by atoms with Crippen LogP contribution in [0.2, 0.25) is 0 Å². The second-order valence-corrected chi connectivity index (χ2v) is 4.79. The highest BCUT2D eigenvalue weighted by Gasteiger charge is 2.16. The fraction of sp³-hybridized carbons (Fsp3) is 0.333. The minimum absolute atomic E-state index is 0.00879. The molecular formula is C15H17NO2. The highest BCUT2D eigenvalue weighted by Crippen LogP contribution is 2.22. The molecule has 2 aromatic rings. The van der Waals surface area contributed by atoms with E-state index in [0.29, 0.717) is 0 Å². The van der Waals surface area contributed by atoms with Crippen molar-refractivity contribution in [2.24, 2.45) is 0 Å². The van der Waals surface area contributed by atoms with E-state index in [2.05, 4.69) is 0 Å². The number of rotatable bonds is 2. The lowest BCUT2D eigenvalue weighted by atomic mass is 10.0. The molecule has 0 bridgehead atoms. The molecule has 3 nitrogen and oxygen atoms in total. The first-order valence-corrected chi connectivity index (χ1v) is 6.05. The van der Waals surface area contributed by atoms with Gasteiger partial charge < -0.3 is 0 Å². The van der Waals surface area contributed by atoms with Crippen LogP contribution in [0.3, 0.4) is 0 Å². The van der Waals surface area contributed by atoms with Crippen LogP contribution in [-0.2, 0) is 4.79 Å². The topological polar surface area (TPSA) is 39.1 Å². The Bertz CT molecular complexity index is 683. The van der Waals surface area contributed by atoms with E-state index in [0.717, 1.165) is 22.0 Å². The normalized spacial score (nSPS) is 12.7. The Morgan fingerprint density at radius 2 is 1.89 bits per heavy atom. The van der Waals surface area contributed by atoms with Crippen molar-refractivity contribution in [1.29, 1.82) is 0 Å². The van der Waals surface area contributed by atoms with Gasteiger partial charge in [-0.05, 0) is 38.8 Å². The van der Waals surface area contributed by atoms with Gasteiger partial charge in [0, 0.05) is 11.5 Å². The van der Waals surface area contributed by atoms with Gasteiger partial charge in [-0.2, -0.15) is 0 Å². The van der Waals surface area contributed by atoms with E-state index in [-0.39, 0.29) is 11.3 Å². The van der Waals surface area contributed by atoms with Gasteiger partial charge in [-0.3, -0.25) is 14.2 Å². The summed E-state index contributed by atoms with van der Waals surface area (Å²) in [5.41, 5.74) is 2.72. The summed E-state index contributed by atoms with van der Waals surface area (Å²) in [6.07, 6.45) is 0. The zero-order chi connectivity index (χ0) is 13.4. The van der Waals surface area contributed by atoms with Crippen molar-refractivity contribution < 1.29 is 4.79 Å². The molecule has 3 heteroatoms. The Balaban J connectivity index is 2.96. The fourth-order valence-corrected chi connectivity index (χ4v) is 2.31. The number of hydrogen-bond donors (Lipinski definition) is 0. The summed E-state index contributed by atoms with van der Waals surface area (Å²) in [7, 11) is 0. The van der Waals surface area contributed by atoms with Crippen LogP contribution in [0.1, 0.15) is 31.0 Å². The van der Waals surface area contributed by atoms with Crippen molar-refractivity contribution in [2.45, 2.75) is 33.7 Å². The number of Topliss-reactive ketones (excluding diaryl/α,β-unsaturated/α-hetero) is 1. The van der Waals surface area contributed by atoms with E-state index >= 15 is 0 Å². The molecule has 1 unspecified atom stereocenters. The average molecular weight is 243 g/mol. The Hall–Kier alpha value is -1.90. The van der Waals surface area contributed by atoms with Gasteiger partial charge in [0.15, 0.2) is 5.78 Å². The number of para-hydroxylation sites is 1. The molecule has 0 amide bonds. The molecule has 0 N–H and O–H groups in total. The maximum atomic E-state index is 12.2. The van der Waals surface area contributed by atoms with E-state index < -0.39 is 6.04 Å². The summed E-state index contributed by atoms with van der Waals surface area (Å²) < 4.78 is 1.60. The number of benzene rings is 1. The van der Waals surface area contributed by atoms with Crippen molar-refractivity contribution in [3.63, 3.8) is 0 Å². The van der Waals surface area contributed by atoms with Crippen molar-refractivity contribution in [3.8, 4) is 0 Å². The molecule has 0 fully saturated rings. The monoisotopic (exact) mass is 243 g/mol. The number of carbonyl (C=O) groups excluding carboxylic acids is 1. The lowest BCUT2D eigenvalue weighted by Crippen LogP contribution is -2.27. The molecular weight excluding hydrogens is 226 g/mol. The van der Waals surface area contributed by atoms with Crippen LogP contribution in [-0.4, -0.2) is 10.4 Å². The average Bonchev–Trinajstić information content (AvgIpc) is 2.30. The molecule has 0 aliphatic carbocycles. The predicted octanol–water partition coefficient (Wildman–Crippen LogP) is 2.77. The predicted molar refractivity (Wildman–Crippen MR) is 73.1 cm³/mol. The van der Waals surface area contributed by atoms with Gasteiger partial charge in [0.1, 0.15) is 0 Å². The standard InChI is InChI=1S/C15H17NO2/c1-9-6-5-7-13-10(2)8-14(18)16(15(9)13)11(3)12(4)17/h5-8,11H,1-4H3. The summed E-state index contributed by atoms with van der Waals surface area (Å²) in [4.78, 5) is 23.7. The number of pyridine rings is 1. The van der Waals surface area contributed by atoms with Crippen molar-refractivity contribution in [2.75, 3.05) is 0 Å². The molecule has 0 aliphatic rings. The van der Waals surface area contributed by atoms with Gasteiger partial charge in [0.05, 0.1) is 11.6 Å². The fourth-order valence-electron chi connectivity index (χ4n) is 2.31. The Morgan fingerprint density at radius 1 is 1.22 bits per heavy atom. The van der Waals surface area contributed by atoms with Crippen LogP contribution in [0.15, 0.2) is 29.1 Å². The minimum Gasteiger partial charge on any atom is -0.298 e. The summed E-state index contributed by atoms with van der Waals surface area (Å²) >= 11 is 0. The molecule has 18 heavy (non-hydrogen) atoms. The molecule has 0 saturated heterocycles. The van der Waals surface area contributed by atoms with Crippen molar-refractivity contribution in [1.82, 2.24) is 4.57 Å². The van der Waals surface area contributed by atoms with Crippen molar-refractivity contribution in [3.05, 3.63) is 45.7 Å². The molecule has 1 heterocycles. The first kappa shape index (κ1) is 12.6. The number of hydrogen-bond acceptors (Lipinski definition) is 2. The van der Waals surface area contributed by atoms with Gasteiger partial charge in [0.2, 0.25) is 0 Å².